The fraction of sp³-hybridized carbons (Fsp3) is 0.933. The summed E-state index contributed by atoms with van der Waals surface area (Å²) in [5.74, 6) is -1.13. The molecule has 0 fully saturated rings. The topological polar surface area (TPSA) is 107 Å². The minimum atomic E-state index is -3.75. The van der Waals surface area contributed by atoms with Crippen molar-refractivity contribution in [3.05, 3.63) is 0 Å². The van der Waals surface area contributed by atoms with Crippen LogP contribution in [0.1, 0.15) is 71.1 Å². The molecule has 0 aromatic heterocycles. The number of carboxylic acids is 1. The van der Waals surface area contributed by atoms with E-state index in [2.05, 4.69) is 12.2 Å². The van der Waals surface area contributed by atoms with E-state index in [1.165, 1.54) is 44.9 Å². The maximum atomic E-state index is 10.1. The van der Waals surface area contributed by atoms with Crippen LogP contribution >= 0.6 is 0 Å². The molecule has 134 valence electrons. The Hall–Kier alpha value is 0.340. The molecule has 0 aliphatic rings. The summed E-state index contributed by atoms with van der Waals surface area (Å²) in [6, 6.07) is 0. The van der Waals surface area contributed by atoms with Crippen molar-refractivity contribution in [2.24, 2.45) is 0 Å². The van der Waals surface area contributed by atoms with Gasteiger partial charge in [-0.2, -0.15) is 8.42 Å². The Morgan fingerprint density at radius 3 is 1.74 bits per heavy atom. The van der Waals surface area contributed by atoms with Crippen molar-refractivity contribution >= 4 is 16.1 Å². The zero-order chi connectivity index (χ0) is 17.3. The molecule has 6 nitrogen and oxygen atoms in total. The van der Waals surface area contributed by atoms with Crippen LogP contribution in [0.4, 0.5) is 0 Å². The molecular weight excluding hydrogens is 329 g/mol. The molecule has 0 aromatic rings. The van der Waals surface area contributed by atoms with Crippen LogP contribution in [0.2, 0.25) is 0 Å². The molecule has 0 radical (unpaired) electrons. The van der Waals surface area contributed by atoms with Crippen molar-refractivity contribution < 1.29 is 52.4 Å². The number of unbranched alkanes of at least 4 members (excludes halogenated alkanes) is 8. The van der Waals surface area contributed by atoms with E-state index in [0.717, 1.165) is 12.8 Å². The molecule has 0 aliphatic heterocycles. The Morgan fingerprint density at radius 1 is 1.00 bits per heavy atom. The zero-order valence-electron chi connectivity index (χ0n) is 15.0. The Morgan fingerprint density at radius 2 is 1.43 bits per heavy atom. The first-order chi connectivity index (χ1) is 10.3. The van der Waals surface area contributed by atoms with Gasteiger partial charge in [0, 0.05) is 12.5 Å². The molecule has 0 saturated heterocycles. The second kappa shape index (κ2) is 20.4. The first kappa shape index (κ1) is 28.2. The zero-order valence-corrected chi connectivity index (χ0v) is 17.8. The average molecular weight is 361 g/mol. The molecule has 0 aliphatic carbocycles. The molecule has 0 spiro atoms. The SMILES string of the molecule is CCCCCCCCCCCC(=O)[O-].CNCCS(=O)(=O)O.[Na+]. The van der Waals surface area contributed by atoms with E-state index < -0.39 is 16.1 Å². The van der Waals surface area contributed by atoms with Crippen LogP contribution in [0.25, 0.3) is 0 Å². The number of nitrogens with one attached hydrogen (secondary N) is 1. The summed E-state index contributed by atoms with van der Waals surface area (Å²) in [5.41, 5.74) is 0. The van der Waals surface area contributed by atoms with Gasteiger partial charge in [-0.05, 0) is 19.9 Å². The van der Waals surface area contributed by atoms with Crippen LogP contribution < -0.4 is 40.0 Å². The van der Waals surface area contributed by atoms with Crippen LogP contribution in [-0.2, 0) is 14.9 Å². The van der Waals surface area contributed by atoms with Crippen molar-refractivity contribution in [3.8, 4) is 0 Å². The van der Waals surface area contributed by atoms with Crippen LogP contribution in [0.5, 0.6) is 0 Å². The summed E-state index contributed by atoms with van der Waals surface area (Å²) in [6.07, 6.45) is 11.2. The Bertz CT molecular complexity index is 350. The van der Waals surface area contributed by atoms with Gasteiger partial charge in [0.1, 0.15) is 0 Å². The molecule has 23 heavy (non-hydrogen) atoms. The molecule has 0 rings (SSSR count). The molecule has 0 atom stereocenters. The third-order valence-electron chi connectivity index (χ3n) is 3.09. The van der Waals surface area contributed by atoms with Crippen molar-refractivity contribution in [1.82, 2.24) is 5.32 Å². The van der Waals surface area contributed by atoms with Crippen molar-refractivity contribution in [3.63, 3.8) is 0 Å². The van der Waals surface area contributed by atoms with E-state index in [-0.39, 0.29) is 41.7 Å². The minimum Gasteiger partial charge on any atom is -0.550 e. The standard InChI is InChI=1S/C12H24O2.C3H9NO3S.Na/c1-2-3-4-5-6-7-8-9-10-11-12(13)14;1-4-2-3-8(5,6)7;/h2-11H2,1H3,(H,13,14);4H,2-3H2,1H3,(H,5,6,7);/q;;+1/p-1. The van der Waals surface area contributed by atoms with Gasteiger partial charge in [0.05, 0.1) is 5.75 Å². The van der Waals surface area contributed by atoms with Gasteiger partial charge in [-0.25, -0.2) is 0 Å². The van der Waals surface area contributed by atoms with Gasteiger partial charge in [-0.15, -0.1) is 0 Å². The van der Waals surface area contributed by atoms with Gasteiger partial charge in [-0.1, -0.05) is 58.3 Å². The number of hydrogen-bond donors (Lipinski definition) is 2. The number of carbonyl (C=O) groups is 1. The number of carbonyl (C=O) groups excluding carboxylic acids is 1. The van der Waals surface area contributed by atoms with Gasteiger partial charge in [0.15, 0.2) is 0 Å². The van der Waals surface area contributed by atoms with E-state index in [9.17, 15) is 18.3 Å². The summed E-state index contributed by atoms with van der Waals surface area (Å²) in [5, 5.41) is 12.7. The number of rotatable bonds is 13. The minimum absolute atomic E-state index is 0. The van der Waals surface area contributed by atoms with Crippen LogP contribution in [0.3, 0.4) is 0 Å². The van der Waals surface area contributed by atoms with Gasteiger partial charge in [0.2, 0.25) is 0 Å². The van der Waals surface area contributed by atoms with Crippen molar-refractivity contribution in [2.45, 2.75) is 71.1 Å². The van der Waals surface area contributed by atoms with E-state index in [0.29, 0.717) is 6.54 Å². The molecular formula is C15H32NNaO5S. The summed E-state index contributed by atoms with van der Waals surface area (Å²) in [7, 11) is -2.13. The summed E-state index contributed by atoms with van der Waals surface area (Å²) < 4.78 is 27.9. The number of carboxylic acid groups (broad SMARTS) is 1. The van der Waals surface area contributed by atoms with E-state index in [4.69, 9.17) is 4.55 Å². The van der Waals surface area contributed by atoms with E-state index in [1.807, 2.05) is 0 Å². The summed E-state index contributed by atoms with van der Waals surface area (Å²) >= 11 is 0. The van der Waals surface area contributed by atoms with Crippen LogP contribution in [0.15, 0.2) is 0 Å². The largest absolute Gasteiger partial charge is 1.00 e. The van der Waals surface area contributed by atoms with E-state index >= 15 is 0 Å². The van der Waals surface area contributed by atoms with Crippen molar-refractivity contribution in [2.75, 3.05) is 19.3 Å². The predicted molar refractivity (Wildman–Crippen MR) is 87.2 cm³/mol. The maximum absolute atomic E-state index is 10.1. The summed E-state index contributed by atoms with van der Waals surface area (Å²) in [6.45, 7) is 2.51. The molecule has 0 saturated carbocycles. The molecule has 0 heterocycles. The second-order valence-electron chi connectivity index (χ2n) is 5.34. The van der Waals surface area contributed by atoms with Gasteiger partial charge in [-0.3, -0.25) is 4.55 Å². The third-order valence-corrected chi connectivity index (χ3v) is 3.81. The smallest absolute Gasteiger partial charge is 0.550 e. The maximum Gasteiger partial charge on any atom is 1.00 e. The summed E-state index contributed by atoms with van der Waals surface area (Å²) in [4.78, 5) is 10.1. The van der Waals surface area contributed by atoms with E-state index in [1.54, 1.807) is 7.05 Å². The van der Waals surface area contributed by atoms with Gasteiger partial charge < -0.3 is 15.2 Å². The van der Waals surface area contributed by atoms with Crippen LogP contribution in [0, 0.1) is 0 Å². The van der Waals surface area contributed by atoms with Gasteiger partial charge in [0.25, 0.3) is 10.1 Å². The molecule has 2 N–H and O–H groups in total. The van der Waals surface area contributed by atoms with Gasteiger partial charge >= 0.3 is 29.6 Å². The first-order valence-electron chi connectivity index (χ1n) is 8.13. The predicted octanol–water partition coefficient (Wildman–Crippen LogP) is -1.25. The fourth-order valence-electron chi connectivity index (χ4n) is 1.81. The monoisotopic (exact) mass is 361 g/mol. The molecule has 0 bridgehead atoms. The number of aliphatic carboxylic acids is 1. The Labute approximate surface area is 163 Å². The fourth-order valence-corrected chi connectivity index (χ4v) is 2.27. The Kier molecular flexibility index (Phi) is 25.0. The normalized spacial score (nSPS) is 10.4. The van der Waals surface area contributed by atoms with Crippen molar-refractivity contribution in [1.29, 1.82) is 0 Å². The average Bonchev–Trinajstić information content (AvgIpc) is 2.43. The number of hydrogen-bond acceptors (Lipinski definition) is 5. The molecule has 0 unspecified atom stereocenters. The quantitative estimate of drug-likeness (QED) is 0.241. The molecule has 0 amide bonds. The van der Waals surface area contributed by atoms with Crippen LogP contribution in [-0.4, -0.2) is 38.3 Å². The molecule has 0 aromatic carbocycles. The first-order valence-corrected chi connectivity index (χ1v) is 9.74. The third kappa shape index (κ3) is 34.6. The second-order valence-corrected chi connectivity index (χ2v) is 6.91. The molecule has 8 heteroatoms. The Balaban J connectivity index is -0.000000382.